The van der Waals surface area contributed by atoms with Gasteiger partial charge in [-0.15, -0.1) is 11.3 Å². The average Bonchev–Trinajstić information content (AvgIpc) is 3.33. The van der Waals surface area contributed by atoms with Gasteiger partial charge in [-0.1, -0.05) is 0 Å². The van der Waals surface area contributed by atoms with E-state index >= 15 is 0 Å². The Balaban J connectivity index is 1.28. The normalized spacial score (nSPS) is 13.4. The maximum atomic E-state index is 12.2. The zero-order valence-electron chi connectivity index (χ0n) is 14.4. The van der Waals surface area contributed by atoms with E-state index in [1.165, 1.54) is 35.4 Å². The molecule has 1 aliphatic rings. The zero-order chi connectivity index (χ0) is 17.8. The Morgan fingerprint density at radius 1 is 1.27 bits per heavy atom. The number of fused-ring (bicyclic) bond motifs is 1. The molecule has 0 aliphatic heterocycles. The van der Waals surface area contributed by atoms with Crippen LogP contribution in [0.1, 0.15) is 41.9 Å². The molecule has 0 saturated heterocycles. The fourth-order valence-corrected chi connectivity index (χ4v) is 3.96. The van der Waals surface area contributed by atoms with Crippen molar-refractivity contribution in [3.8, 4) is 10.7 Å². The fraction of sp³-hybridized carbons (Fsp3) is 0.389. The molecule has 7 nitrogen and oxygen atoms in total. The van der Waals surface area contributed by atoms with Crippen LogP contribution in [0.15, 0.2) is 24.0 Å². The quantitative estimate of drug-likeness (QED) is 0.697. The van der Waals surface area contributed by atoms with Crippen molar-refractivity contribution in [3.05, 3.63) is 46.6 Å². The lowest BCUT2D eigenvalue weighted by Crippen LogP contribution is -2.23. The van der Waals surface area contributed by atoms with Crippen molar-refractivity contribution in [2.45, 2.75) is 45.1 Å². The number of carbonyl (C=O) groups excluding carboxylic acids is 1. The molecule has 3 heterocycles. The number of thiazole rings is 1. The van der Waals surface area contributed by atoms with Crippen molar-refractivity contribution in [1.82, 2.24) is 30.5 Å². The van der Waals surface area contributed by atoms with Crippen LogP contribution >= 0.6 is 11.3 Å². The van der Waals surface area contributed by atoms with Crippen LogP contribution in [0.5, 0.6) is 0 Å². The summed E-state index contributed by atoms with van der Waals surface area (Å²) < 4.78 is 0. The summed E-state index contributed by atoms with van der Waals surface area (Å²) in [4.78, 5) is 25.0. The Labute approximate surface area is 155 Å². The SMILES string of the molecule is O=C(CCc1n[nH]c2c1CCCC2)NCc1csc(-c2cnccn2)n1. The summed E-state index contributed by atoms with van der Waals surface area (Å²) in [5, 5.41) is 13.2. The molecule has 0 aromatic carbocycles. The number of aryl methyl sites for hydroxylation is 2. The predicted octanol–water partition coefficient (Wildman–Crippen LogP) is 2.45. The topological polar surface area (TPSA) is 96.5 Å². The van der Waals surface area contributed by atoms with Crippen LogP contribution in [0.25, 0.3) is 10.7 Å². The van der Waals surface area contributed by atoms with Gasteiger partial charge in [-0.3, -0.25) is 19.9 Å². The van der Waals surface area contributed by atoms with Crippen LogP contribution in [0.2, 0.25) is 0 Å². The van der Waals surface area contributed by atoms with Crippen molar-refractivity contribution < 1.29 is 4.79 Å². The summed E-state index contributed by atoms with van der Waals surface area (Å²) >= 11 is 1.50. The zero-order valence-corrected chi connectivity index (χ0v) is 15.2. The van der Waals surface area contributed by atoms with E-state index in [-0.39, 0.29) is 5.91 Å². The molecule has 3 aromatic rings. The summed E-state index contributed by atoms with van der Waals surface area (Å²) in [6.07, 6.45) is 10.7. The van der Waals surface area contributed by atoms with Crippen molar-refractivity contribution in [2.24, 2.45) is 0 Å². The number of amides is 1. The second kappa shape index (κ2) is 7.74. The highest BCUT2D eigenvalue weighted by atomic mass is 32.1. The molecule has 1 aliphatic carbocycles. The van der Waals surface area contributed by atoms with Gasteiger partial charge in [0.05, 0.1) is 24.1 Å². The smallest absolute Gasteiger partial charge is 0.220 e. The second-order valence-electron chi connectivity index (χ2n) is 6.35. The first kappa shape index (κ1) is 16.8. The summed E-state index contributed by atoms with van der Waals surface area (Å²) in [6, 6.07) is 0. The van der Waals surface area contributed by atoms with Crippen LogP contribution in [0.3, 0.4) is 0 Å². The van der Waals surface area contributed by atoms with Gasteiger partial charge >= 0.3 is 0 Å². The van der Waals surface area contributed by atoms with Crippen LogP contribution in [-0.2, 0) is 30.6 Å². The third-order valence-electron chi connectivity index (χ3n) is 4.53. The average molecular weight is 368 g/mol. The van der Waals surface area contributed by atoms with E-state index in [1.54, 1.807) is 18.6 Å². The van der Waals surface area contributed by atoms with E-state index in [9.17, 15) is 4.79 Å². The Morgan fingerprint density at radius 3 is 3.08 bits per heavy atom. The highest BCUT2D eigenvalue weighted by Crippen LogP contribution is 2.23. The van der Waals surface area contributed by atoms with E-state index in [4.69, 9.17) is 0 Å². The predicted molar refractivity (Wildman–Crippen MR) is 98.5 cm³/mol. The summed E-state index contributed by atoms with van der Waals surface area (Å²) in [5.74, 6) is 0.0200. The van der Waals surface area contributed by atoms with Crippen LogP contribution in [0.4, 0.5) is 0 Å². The fourth-order valence-electron chi connectivity index (χ4n) is 3.18. The van der Waals surface area contributed by atoms with Gasteiger partial charge in [-0.05, 0) is 31.2 Å². The molecule has 26 heavy (non-hydrogen) atoms. The number of H-pyrrole nitrogens is 1. The van der Waals surface area contributed by atoms with Crippen molar-refractivity contribution in [1.29, 1.82) is 0 Å². The Morgan fingerprint density at radius 2 is 2.19 bits per heavy atom. The third-order valence-corrected chi connectivity index (χ3v) is 5.45. The van der Waals surface area contributed by atoms with Gasteiger partial charge in [0.1, 0.15) is 10.7 Å². The van der Waals surface area contributed by atoms with Crippen molar-refractivity contribution in [2.75, 3.05) is 0 Å². The number of hydrogen-bond acceptors (Lipinski definition) is 6. The maximum absolute atomic E-state index is 12.2. The number of aromatic nitrogens is 5. The minimum Gasteiger partial charge on any atom is -0.350 e. The van der Waals surface area contributed by atoms with E-state index < -0.39 is 0 Å². The Bertz CT molecular complexity index is 888. The van der Waals surface area contributed by atoms with Crippen molar-refractivity contribution >= 4 is 17.2 Å². The maximum Gasteiger partial charge on any atom is 0.220 e. The molecule has 3 aromatic heterocycles. The third kappa shape index (κ3) is 3.80. The minimum absolute atomic E-state index is 0.0200. The van der Waals surface area contributed by atoms with Gasteiger partial charge in [0.2, 0.25) is 5.91 Å². The molecule has 134 valence electrons. The summed E-state index contributed by atoms with van der Waals surface area (Å²) in [5.41, 5.74) is 5.22. The molecule has 0 spiro atoms. The van der Waals surface area contributed by atoms with Gasteiger partial charge in [0, 0.05) is 36.3 Å². The Hall–Kier alpha value is -2.61. The van der Waals surface area contributed by atoms with E-state index in [2.05, 4.69) is 30.5 Å². The first-order valence-corrected chi connectivity index (χ1v) is 9.70. The number of aromatic amines is 1. The number of hydrogen-bond donors (Lipinski definition) is 2. The molecule has 4 rings (SSSR count). The first-order valence-electron chi connectivity index (χ1n) is 8.82. The summed E-state index contributed by atoms with van der Waals surface area (Å²) in [6.45, 7) is 0.425. The molecule has 0 bridgehead atoms. The minimum atomic E-state index is 0.0200. The molecule has 8 heteroatoms. The van der Waals surface area contributed by atoms with Gasteiger partial charge in [-0.25, -0.2) is 4.98 Å². The molecular formula is C18H20N6OS. The largest absolute Gasteiger partial charge is 0.350 e. The number of nitrogens with one attached hydrogen (secondary N) is 2. The van der Waals surface area contributed by atoms with Gasteiger partial charge < -0.3 is 5.32 Å². The molecule has 1 amide bonds. The highest BCUT2D eigenvalue weighted by Gasteiger charge is 2.17. The second-order valence-corrected chi connectivity index (χ2v) is 7.20. The number of carbonyl (C=O) groups is 1. The lowest BCUT2D eigenvalue weighted by atomic mass is 9.95. The Kier molecular flexibility index (Phi) is 5.01. The standard InChI is InChI=1S/C18H20N6OS/c25-17(6-5-15-13-3-1-2-4-14(13)23-24-15)21-9-12-11-26-18(22-12)16-10-19-7-8-20-16/h7-8,10-11H,1-6,9H2,(H,21,25)(H,23,24). The van der Waals surface area contributed by atoms with E-state index in [1.807, 2.05) is 5.38 Å². The monoisotopic (exact) mass is 368 g/mol. The number of nitrogens with zero attached hydrogens (tertiary/aromatic N) is 4. The lowest BCUT2D eigenvalue weighted by Gasteiger charge is -2.11. The van der Waals surface area contributed by atoms with E-state index in [0.717, 1.165) is 34.9 Å². The van der Waals surface area contributed by atoms with Gasteiger partial charge in [-0.2, -0.15) is 5.10 Å². The van der Waals surface area contributed by atoms with Crippen LogP contribution in [0, 0.1) is 0 Å². The highest BCUT2D eigenvalue weighted by molar-refractivity contribution is 7.13. The van der Waals surface area contributed by atoms with Crippen LogP contribution in [-0.4, -0.2) is 31.1 Å². The van der Waals surface area contributed by atoms with Gasteiger partial charge in [0.15, 0.2) is 0 Å². The number of rotatable bonds is 6. The lowest BCUT2D eigenvalue weighted by molar-refractivity contribution is -0.121. The van der Waals surface area contributed by atoms with Crippen LogP contribution < -0.4 is 5.32 Å². The molecular weight excluding hydrogens is 348 g/mol. The molecule has 0 unspecified atom stereocenters. The van der Waals surface area contributed by atoms with Gasteiger partial charge in [0.25, 0.3) is 0 Å². The molecule has 2 N–H and O–H groups in total. The molecule has 0 saturated carbocycles. The molecule has 0 atom stereocenters. The molecule has 0 fully saturated rings. The molecule has 0 radical (unpaired) electrons. The first-order chi connectivity index (χ1) is 12.8. The van der Waals surface area contributed by atoms with Crippen molar-refractivity contribution in [3.63, 3.8) is 0 Å². The summed E-state index contributed by atoms with van der Waals surface area (Å²) in [7, 11) is 0. The van der Waals surface area contributed by atoms with E-state index in [0.29, 0.717) is 19.4 Å².